The van der Waals surface area contributed by atoms with Crippen molar-refractivity contribution in [1.29, 1.82) is 0 Å². The molecule has 0 aliphatic carbocycles. The first-order valence-corrected chi connectivity index (χ1v) is 9.92. The summed E-state index contributed by atoms with van der Waals surface area (Å²) in [6.07, 6.45) is 0. The van der Waals surface area contributed by atoms with Gasteiger partial charge in [-0.1, -0.05) is 41.4 Å². The van der Waals surface area contributed by atoms with Crippen LogP contribution in [0, 0.1) is 6.92 Å². The Hall–Kier alpha value is -3.16. The van der Waals surface area contributed by atoms with E-state index in [0.29, 0.717) is 16.1 Å². The van der Waals surface area contributed by atoms with Gasteiger partial charge in [-0.2, -0.15) is 0 Å². The molecule has 2 aromatic carbocycles. The minimum Gasteiger partial charge on any atom is -0.465 e. The fourth-order valence-electron chi connectivity index (χ4n) is 3.01. The van der Waals surface area contributed by atoms with Crippen molar-refractivity contribution in [1.82, 2.24) is 10.3 Å². The molecule has 1 aromatic heterocycles. The van der Waals surface area contributed by atoms with Gasteiger partial charge < -0.3 is 14.8 Å². The van der Waals surface area contributed by atoms with E-state index in [1.54, 1.807) is 13.0 Å². The Balaban J connectivity index is 1.70. The number of aryl methyl sites for hydroxylation is 1. The third kappa shape index (κ3) is 5.13. The number of nitrogens with one attached hydrogen (secondary N) is 1. The normalized spacial score (nSPS) is 10.6. The van der Waals surface area contributed by atoms with Crippen molar-refractivity contribution in [2.24, 2.45) is 0 Å². The number of hydrogen-bond donors (Lipinski definition) is 1. The lowest BCUT2D eigenvalue weighted by Gasteiger charge is -2.13. The lowest BCUT2D eigenvalue weighted by atomic mass is 10.0. The van der Waals surface area contributed by atoms with Crippen LogP contribution in [-0.2, 0) is 20.9 Å². The van der Waals surface area contributed by atoms with Crippen LogP contribution in [0.5, 0.6) is 0 Å². The molecule has 3 aromatic rings. The number of carbonyl (C=O) groups is 3. The molecule has 160 valence electrons. The Morgan fingerprint density at radius 3 is 2.52 bits per heavy atom. The van der Waals surface area contributed by atoms with E-state index in [9.17, 15) is 14.4 Å². The maximum absolute atomic E-state index is 12.3. The predicted octanol–water partition coefficient (Wildman–Crippen LogP) is 4.11. The summed E-state index contributed by atoms with van der Waals surface area (Å²) in [6.45, 7) is 1.15. The minimum absolute atomic E-state index is 0.227. The molecular weight excluding hydrogens is 443 g/mol. The van der Waals surface area contributed by atoms with Crippen molar-refractivity contribution in [3.8, 4) is 0 Å². The highest BCUT2D eigenvalue weighted by atomic mass is 35.5. The van der Waals surface area contributed by atoms with Crippen LogP contribution in [0.15, 0.2) is 42.5 Å². The van der Waals surface area contributed by atoms with Gasteiger partial charge in [-0.05, 0) is 36.8 Å². The number of hydrogen-bond acceptors (Lipinski definition) is 6. The number of rotatable bonds is 6. The Labute approximate surface area is 188 Å². The number of ether oxygens (including phenoxy) is 2. The number of benzene rings is 2. The van der Waals surface area contributed by atoms with Gasteiger partial charge in [0.05, 0.1) is 33.9 Å². The average molecular weight is 461 g/mol. The number of nitrogens with zero attached hydrogens (tertiary/aromatic N) is 1. The number of carbonyl (C=O) groups excluding carboxylic acids is 3. The smallest absolute Gasteiger partial charge is 0.340 e. The van der Waals surface area contributed by atoms with Crippen LogP contribution in [0.25, 0.3) is 10.9 Å². The standard InChI is InChI=1S/C22H18Cl2N2O5/c1-12-14-5-3-4-6-17(14)26-18(20(12)22(29)30-2)11-31-19(27)10-25-21(28)13-7-8-15(23)16(24)9-13/h3-9H,10-11H2,1-2H3,(H,25,28). The monoisotopic (exact) mass is 460 g/mol. The minimum atomic E-state index is -0.697. The molecule has 1 amide bonds. The number of para-hydroxylation sites is 1. The molecule has 0 radical (unpaired) electrons. The van der Waals surface area contributed by atoms with Crippen LogP contribution in [0.1, 0.15) is 32.0 Å². The first-order valence-electron chi connectivity index (χ1n) is 9.17. The van der Waals surface area contributed by atoms with Gasteiger partial charge in [-0.15, -0.1) is 0 Å². The van der Waals surface area contributed by atoms with E-state index in [1.165, 1.54) is 25.3 Å². The van der Waals surface area contributed by atoms with Crippen LogP contribution in [-0.4, -0.2) is 36.5 Å². The van der Waals surface area contributed by atoms with E-state index in [4.69, 9.17) is 32.7 Å². The van der Waals surface area contributed by atoms with Crippen LogP contribution in [0.3, 0.4) is 0 Å². The molecule has 0 spiro atoms. The molecule has 0 aliphatic rings. The van der Waals surface area contributed by atoms with E-state index in [0.717, 1.165) is 5.39 Å². The first-order chi connectivity index (χ1) is 14.8. The quantitative estimate of drug-likeness (QED) is 0.556. The van der Waals surface area contributed by atoms with Gasteiger partial charge in [0.2, 0.25) is 0 Å². The molecule has 3 rings (SSSR count). The highest BCUT2D eigenvalue weighted by Crippen LogP contribution is 2.24. The van der Waals surface area contributed by atoms with Crippen LogP contribution in [0.4, 0.5) is 0 Å². The van der Waals surface area contributed by atoms with Gasteiger partial charge in [0, 0.05) is 10.9 Å². The zero-order valence-electron chi connectivity index (χ0n) is 16.7. The number of amides is 1. The average Bonchev–Trinajstić information content (AvgIpc) is 2.77. The molecule has 1 heterocycles. The summed E-state index contributed by atoms with van der Waals surface area (Å²) in [7, 11) is 1.27. The van der Waals surface area contributed by atoms with Crippen molar-refractivity contribution >= 4 is 52.0 Å². The topological polar surface area (TPSA) is 94.6 Å². The van der Waals surface area contributed by atoms with E-state index in [-0.39, 0.29) is 35.0 Å². The SMILES string of the molecule is COC(=O)c1c(COC(=O)CNC(=O)c2ccc(Cl)c(Cl)c2)nc2ccccc2c1C. The number of halogens is 2. The van der Waals surface area contributed by atoms with Gasteiger partial charge in [-0.25, -0.2) is 9.78 Å². The number of pyridine rings is 1. The van der Waals surface area contributed by atoms with Gasteiger partial charge in [-0.3, -0.25) is 9.59 Å². The fraction of sp³-hybridized carbons (Fsp3) is 0.182. The van der Waals surface area contributed by atoms with Gasteiger partial charge in [0.1, 0.15) is 13.2 Å². The third-order valence-electron chi connectivity index (χ3n) is 4.56. The molecule has 1 N–H and O–H groups in total. The summed E-state index contributed by atoms with van der Waals surface area (Å²) >= 11 is 11.7. The Morgan fingerprint density at radius 2 is 1.81 bits per heavy atom. The summed E-state index contributed by atoms with van der Waals surface area (Å²) in [4.78, 5) is 41.0. The number of esters is 2. The van der Waals surface area contributed by atoms with Gasteiger partial charge >= 0.3 is 11.9 Å². The van der Waals surface area contributed by atoms with E-state index >= 15 is 0 Å². The van der Waals surface area contributed by atoms with Crippen LogP contribution < -0.4 is 5.32 Å². The number of fused-ring (bicyclic) bond motifs is 1. The molecule has 0 unspecified atom stereocenters. The highest BCUT2D eigenvalue weighted by Gasteiger charge is 2.20. The maximum atomic E-state index is 12.3. The zero-order chi connectivity index (χ0) is 22.5. The summed E-state index contributed by atoms with van der Waals surface area (Å²) in [5, 5.41) is 3.79. The molecule has 0 saturated heterocycles. The molecule has 9 heteroatoms. The molecule has 0 bridgehead atoms. The summed E-state index contributed by atoms with van der Waals surface area (Å²) in [6, 6.07) is 11.7. The Kier molecular flexibility index (Phi) is 7.09. The lowest BCUT2D eigenvalue weighted by molar-refractivity contribution is -0.143. The second-order valence-electron chi connectivity index (χ2n) is 6.54. The zero-order valence-corrected chi connectivity index (χ0v) is 18.2. The molecule has 7 nitrogen and oxygen atoms in total. The van der Waals surface area contributed by atoms with Crippen molar-refractivity contribution in [3.05, 3.63) is 74.9 Å². The van der Waals surface area contributed by atoms with Crippen molar-refractivity contribution in [2.75, 3.05) is 13.7 Å². The summed E-state index contributed by atoms with van der Waals surface area (Å²) in [5.41, 5.74) is 2.10. The van der Waals surface area contributed by atoms with Crippen LogP contribution >= 0.6 is 23.2 Å². The largest absolute Gasteiger partial charge is 0.465 e. The number of aromatic nitrogens is 1. The Morgan fingerprint density at radius 1 is 1.06 bits per heavy atom. The van der Waals surface area contributed by atoms with Crippen molar-refractivity contribution < 1.29 is 23.9 Å². The molecule has 0 saturated carbocycles. The lowest BCUT2D eigenvalue weighted by Crippen LogP contribution is -2.30. The van der Waals surface area contributed by atoms with E-state index in [2.05, 4.69) is 10.3 Å². The highest BCUT2D eigenvalue weighted by molar-refractivity contribution is 6.42. The number of methoxy groups -OCH3 is 1. The van der Waals surface area contributed by atoms with E-state index in [1.807, 2.05) is 18.2 Å². The molecular formula is C22H18Cl2N2O5. The van der Waals surface area contributed by atoms with Gasteiger partial charge in [0.15, 0.2) is 0 Å². The van der Waals surface area contributed by atoms with Gasteiger partial charge in [0.25, 0.3) is 5.91 Å². The van der Waals surface area contributed by atoms with E-state index < -0.39 is 17.8 Å². The fourth-order valence-corrected chi connectivity index (χ4v) is 3.31. The Bertz CT molecular complexity index is 1180. The molecule has 31 heavy (non-hydrogen) atoms. The molecule has 0 aliphatic heterocycles. The third-order valence-corrected chi connectivity index (χ3v) is 5.30. The summed E-state index contributed by atoms with van der Waals surface area (Å²) in [5.74, 6) is -1.78. The second kappa shape index (κ2) is 9.76. The maximum Gasteiger partial charge on any atom is 0.340 e. The second-order valence-corrected chi connectivity index (χ2v) is 7.35. The summed E-state index contributed by atoms with van der Waals surface area (Å²) < 4.78 is 10.1. The van der Waals surface area contributed by atoms with Crippen LogP contribution in [0.2, 0.25) is 10.0 Å². The molecule has 0 fully saturated rings. The predicted molar refractivity (Wildman–Crippen MR) is 116 cm³/mol. The van der Waals surface area contributed by atoms with Crippen molar-refractivity contribution in [2.45, 2.75) is 13.5 Å². The first kappa shape index (κ1) is 22.5. The molecule has 0 atom stereocenters. The van der Waals surface area contributed by atoms with Crippen molar-refractivity contribution in [3.63, 3.8) is 0 Å².